The van der Waals surface area contributed by atoms with Crippen LogP contribution in [0.1, 0.15) is 52.3 Å². The van der Waals surface area contributed by atoms with Crippen LogP contribution in [0.4, 0.5) is 0 Å². The fraction of sp³-hybridized carbons (Fsp3) is 0.407. The summed E-state index contributed by atoms with van der Waals surface area (Å²) in [7, 11) is 4.24. The van der Waals surface area contributed by atoms with Gasteiger partial charge in [0.1, 0.15) is 0 Å². The molecule has 1 aliphatic rings. The third kappa shape index (κ3) is 4.55. The van der Waals surface area contributed by atoms with Crippen LogP contribution < -0.4 is 5.32 Å². The Morgan fingerprint density at radius 2 is 1.85 bits per heavy atom. The van der Waals surface area contributed by atoms with Gasteiger partial charge in [0.15, 0.2) is 5.11 Å². The smallest absolute Gasteiger partial charge is 0.170 e. The number of nitrogens with zero attached hydrogens (tertiary/aromatic N) is 4. The lowest BCUT2D eigenvalue weighted by Crippen LogP contribution is -2.32. The van der Waals surface area contributed by atoms with Crippen molar-refractivity contribution < 1.29 is 0 Å². The molecule has 6 heteroatoms. The van der Waals surface area contributed by atoms with E-state index in [0.29, 0.717) is 0 Å². The highest BCUT2D eigenvalue weighted by Gasteiger charge is 2.41. The van der Waals surface area contributed by atoms with Crippen LogP contribution >= 0.6 is 12.2 Å². The van der Waals surface area contributed by atoms with Crippen LogP contribution in [0.2, 0.25) is 0 Å². The average molecular weight is 462 g/mol. The predicted octanol–water partition coefficient (Wildman–Crippen LogP) is 5.03. The minimum Gasteiger partial charge on any atom is -0.352 e. The molecule has 2 atom stereocenters. The minimum atomic E-state index is 0.0191. The van der Waals surface area contributed by atoms with Gasteiger partial charge in [-0.25, -0.2) is 0 Å². The molecule has 0 saturated carbocycles. The van der Waals surface area contributed by atoms with Gasteiger partial charge in [-0.15, -0.1) is 0 Å². The van der Waals surface area contributed by atoms with E-state index in [4.69, 9.17) is 17.2 Å². The third-order valence-electron chi connectivity index (χ3n) is 6.81. The molecular weight excluding hydrogens is 426 g/mol. The second-order valence-electron chi connectivity index (χ2n) is 9.36. The second-order valence-corrected chi connectivity index (χ2v) is 9.74. The molecular formula is C27H35N5S. The monoisotopic (exact) mass is 461 g/mol. The molecule has 0 spiro atoms. The Labute approximate surface area is 203 Å². The van der Waals surface area contributed by atoms with Crippen LogP contribution in [0.25, 0.3) is 5.69 Å². The lowest BCUT2D eigenvalue weighted by atomic mass is 9.96. The van der Waals surface area contributed by atoms with Crippen LogP contribution in [0, 0.1) is 27.7 Å². The number of pyridine rings is 1. The molecule has 3 heterocycles. The molecule has 1 aromatic carbocycles. The molecule has 0 bridgehead atoms. The van der Waals surface area contributed by atoms with E-state index in [1.807, 2.05) is 12.3 Å². The summed E-state index contributed by atoms with van der Waals surface area (Å²) in [5.74, 6) is 0. The van der Waals surface area contributed by atoms with Gasteiger partial charge >= 0.3 is 0 Å². The number of hydrogen-bond acceptors (Lipinski definition) is 3. The highest BCUT2D eigenvalue weighted by atomic mass is 32.1. The number of nitrogens with one attached hydrogen (secondary N) is 1. The molecule has 5 nitrogen and oxygen atoms in total. The lowest BCUT2D eigenvalue weighted by molar-refractivity contribution is 0.292. The van der Waals surface area contributed by atoms with Crippen molar-refractivity contribution in [3.05, 3.63) is 82.4 Å². The summed E-state index contributed by atoms with van der Waals surface area (Å²) < 4.78 is 2.40. The van der Waals surface area contributed by atoms with Crippen molar-refractivity contribution in [1.82, 2.24) is 24.7 Å². The Bertz CT molecular complexity index is 1130. The Balaban J connectivity index is 1.80. The van der Waals surface area contributed by atoms with Crippen molar-refractivity contribution in [2.75, 3.05) is 27.2 Å². The number of benzene rings is 1. The first kappa shape index (κ1) is 23.5. The predicted molar refractivity (Wildman–Crippen MR) is 140 cm³/mol. The van der Waals surface area contributed by atoms with Crippen molar-refractivity contribution >= 4 is 17.3 Å². The molecule has 0 amide bonds. The summed E-state index contributed by atoms with van der Waals surface area (Å²) in [5.41, 5.74) is 8.70. The second kappa shape index (κ2) is 9.65. The Morgan fingerprint density at radius 3 is 2.55 bits per heavy atom. The average Bonchev–Trinajstić information content (AvgIpc) is 3.26. The van der Waals surface area contributed by atoms with Crippen molar-refractivity contribution in [3.8, 4) is 5.69 Å². The van der Waals surface area contributed by atoms with Gasteiger partial charge in [0, 0.05) is 29.8 Å². The van der Waals surface area contributed by atoms with Crippen LogP contribution in [-0.2, 0) is 0 Å². The zero-order valence-electron chi connectivity index (χ0n) is 20.6. The van der Waals surface area contributed by atoms with Crippen molar-refractivity contribution in [2.24, 2.45) is 0 Å². The van der Waals surface area contributed by atoms with Crippen LogP contribution in [0.5, 0.6) is 0 Å². The van der Waals surface area contributed by atoms with Crippen LogP contribution in [0.15, 0.2) is 48.7 Å². The SMILES string of the molecule is Cc1cccc(-n2c(C)cc([C@H]3[C@H](c4ccccn4)NC(=S)N3CCCN(C)C)c2C)c1C. The maximum atomic E-state index is 5.85. The largest absolute Gasteiger partial charge is 0.352 e. The van der Waals surface area contributed by atoms with Gasteiger partial charge in [0.2, 0.25) is 0 Å². The standard InChI is InChI=1S/C27H35N5S/c1-18-11-9-13-24(20(18)3)32-19(2)17-22(21(32)4)26-25(23-12-7-8-14-28-23)29-27(33)31(26)16-10-15-30(5)6/h7-9,11-14,17,25-26H,10,15-16H2,1-6H3,(H,29,33)/t25-,26-/m0/s1. The van der Waals surface area contributed by atoms with Gasteiger partial charge < -0.3 is 19.7 Å². The van der Waals surface area contributed by atoms with Gasteiger partial charge in [0.05, 0.1) is 17.8 Å². The minimum absolute atomic E-state index is 0.0191. The van der Waals surface area contributed by atoms with E-state index in [2.05, 4.69) is 97.9 Å². The molecule has 1 N–H and O–H groups in total. The molecule has 3 aromatic rings. The molecule has 0 radical (unpaired) electrons. The first-order valence-corrected chi connectivity index (χ1v) is 12.1. The Morgan fingerprint density at radius 1 is 1.06 bits per heavy atom. The van der Waals surface area contributed by atoms with Gasteiger partial charge in [-0.2, -0.15) is 0 Å². The zero-order chi connectivity index (χ0) is 23.7. The van der Waals surface area contributed by atoms with E-state index in [0.717, 1.165) is 30.3 Å². The molecule has 33 heavy (non-hydrogen) atoms. The quantitative estimate of drug-likeness (QED) is 0.500. The highest BCUT2D eigenvalue weighted by molar-refractivity contribution is 7.80. The van der Waals surface area contributed by atoms with Gasteiger partial charge in [-0.1, -0.05) is 18.2 Å². The first-order valence-electron chi connectivity index (χ1n) is 11.7. The molecule has 1 aliphatic heterocycles. The van der Waals surface area contributed by atoms with Gasteiger partial charge in [-0.3, -0.25) is 4.98 Å². The number of aromatic nitrogens is 2. The highest BCUT2D eigenvalue weighted by Crippen LogP contribution is 2.41. The number of aryl methyl sites for hydroxylation is 2. The van der Waals surface area contributed by atoms with E-state index in [1.165, 1.54) is 33.8 Å². The van der Waals surface area contributed by atoms with Crippen LogP contribution in [-0.4, -0.2) is 51.6 Å². The molecule has 4 rings (SSSR count). The van der Waals surface area contributed by atoms with Crippen molar-refractivity contribution in [1.29, 1.82) is 0 Å². The summed E-state index contributed by atoms with van der Waals surface area (Å²) in [6.07, 6.45) is 2.92. The number of thiocarbonyl (C=S) groups is 1. The normalized spacial score (nSPS) is 18.3. The molecule has 174 valence electrons. The summed E-state index contributed by atoms with van der Waals surface area (Å²) in [6, 6.07) is 15.1. The maximum Gasteiger partial charge on any atom is 0.170 e. The summed E-state index contributed by atoms with van der Waals surface area (Å²) in [5, 5.41) is 4.41. The zero-order valence-corrected chi connectivity index (χ0v) is 21.4. The summed E-state index contributed by atoms with van der Waals surface area (Å²) >= 11 is 5.85. The van der Waals surface area contributed by atoms with E-state index >= 15 is 0 Å². The molecule has 1 saturated heterocycles. The lowest BCUT2D eigenvalue weighted by Gasteiger charge is -2.28. The topological polar surface area (TPSA) is 36.3 Å². The molecule has 0 aliphatic carbocycles. The summed E-state index contributed by atoms with van der Waals surface area (Å²) in [4.78, 5) is 9.29. The van der Waals surface area contributed by atoms with Crippen molar-refractivity contribution in [3.63, 3.8) is 0 Å². The van der Waals surface area contributed by atoms with Gasteiger partial charge in [-0.05, 0) is 108 Å². The fourth-order valence-corrected chi connectivity index (χ4v) is 5.31. The van der Waals surface area contributed by atoms with E-state index in [-0.39, 0.29) is 12.1 Å². The number of rotatable bonds is 7. The van der Waals surface area contributed by atoms with Gasteiger partial charge in [0.25, 0.3) is 0 Å². The Hall–Kier alpha value is -2.70. The molecule has 1 fully saturated rings. The summed E-state index contributed by atoms with van der Waals surface area (Å²) in [6.45, 7) is 10.8. The Kier molecular flexibility index (Phi) is 6.86. The maximum absolute atomic E-state index is 5.85. The first-order chi connectivity index (χ1) is 15.8. The molecule has 2 aromatic heterocycles. The van der Waals surface area contributed by atoms with Crippen LogP contribution in [0.3, 0.4) is 0 Å². The van der Waals surface area contributed by atoms with E-state index in [1.54, 1.807) is 0 Å². The number of hydrogen-bond donors (Lipinski definition) is 1. The van der Waals surface area contributed by atoms with Crippen molar-refractivity contribution in [2.45, 2.75) is 46.2 Å². The van der Waals surface area contributed by atoms with E-state index < -0.39 is 0 Å². The fourth-order valence-electron chi connectivity index (χ4n) is 4.98. The molecule has 0 unspecified atom stereocenters. The third-order valence-corrected chi connectivity index (χ3v) is 7.16. The van der Waals surface area contributed by atoms with E-state index in [9.17, 15) is 0 Å².